The minimum absolute atomic E-state index is 0.118. The van der Waals surface area contributed by atoms with Crippen molar-refractivity contribution in [1.82, 2.24) is 5.32 Å². The molecule has 0 aromatic heterocycles. The Morgan fingerprint density at radius 1 is 0.694 bits per heavy atom. The molecule has 264 valence electrons. The number of hydrogen-bond acceptors (Lipinski definition) is 7. The zero-order valence-corrected chi connectivity index (χ0v) is 29.6. The van der Waals surface area contributed by atoms with E-state index >= 15 is 0 Å². The Bertz CT molecular complexity index is 1600. The Balaban J connectivity index is 1.54. The van der Waals surface area contributed by atoms with E-state index in [1.807, 2.05) is 34.6 Å². The van der Waals surface area contributed by atoms with Crippen LogP contribution in [0.4, 0.5) is 11.4 Å². The maximum Gasteiger partial charge on any atom is 0.255 e. The van der Waals surface area contributed by atoms with Crippen LogP contribution in [0.5, 0.6) is 17.2 Å². The fraction of sp³-hybridized carbons (Fsp3) is 0.462. The van der Waals surface area contributed by atoms with Crippen molar-refractivity contribution in [3.05, 3.63) is 76.9 Å². The molecular weight excluding hydrogens is 622 g/mol. The molecule has 0 spiro atoms. The lowest BCUT2D eigenvalue weighted by molar-refractivity contribution is 0.0921. The number of hydrogen-bond donors (Lipinski definition) is 4. The van der Waals surface area contributed by atoms with Crippen LogP contribution in [0.25, 0.3) is 0 Å². The van der Waals surface area contributed by atoms with Crippen LogP contribution in [-0.4, -0.2) is 55.3 Å². The van der Waals surface area contributed by atoms with Crippen molar-refractivity contribution in [2.45, 2.75) is 73.3 Å². The summed E-state index contributed by atoms with van der Waals surface area (Å²) < 4.78 is 17.7. The summed E-state index contributed by atoms with van der Waals surface area (Å²) in [6.45, 7) is 12.9. The number of ether oxygens (including phenoxy) is 3. The summed E-state index contributed by atoms with van der Waals surface area (Å²) in [6.07, 6.45) is 4.14. The van der Waals surface area contributed by atoms with Crippen molar-refractivity contribution in [1.29, 1.82) is 0 Å². The van der Waals surface area contributed by atoms with Crippen molar-refractivity contribution < 1.29 is 33.7 Å². The number of aryl methyl sites for hydroxylation is 1. The van der Waals surface area contributed by atoms with Crippen molar-refractivity contribution in [2.75, 3.05) is 37.1 Å². The third-order valence-electron chi connectivity index (χ3n) is 8.28. The van der Waals surface area contributed by atoms with Crippen molar-refractivity contribution in [3.63, 3.8) is 0 Å². The molecule has 10 nitrogen and oxygen atoms in total. The minimum atomic E-state index is -0.403. The third-order valence-corrected chi connectivity index (χ3v) is 8.28. The van der Waals surface area contributed by atoms with Crippen LogP contribution in [0.3, 0.4) is 0 Å². The lowest BCUT2D eigenvalue weighted by Crippen LogP contribution is -2.37. The lowest BCUT2D eigenvalue weighted by Gasteiger charge is -2.27. The maximum absolute atomic E-state index is 13.6. The fourth-order valence-electron chi connectivity index (χ4n) is 5.40. The Morgan fingerprint density at radius 2 is 1.16 bits per heavy atom. The predicted molar refractivity (Wildman–Crippen MR) is 192 cm³/mol. The Labute approximate surface area is 289 Å². The zero-order valence-electron chi connectivity index (χ0n) is 29.6. The molecule has 0 aliphatic heterocycles. The molecule has 4 N–H and O–H groups in total. The van der Waals surface area contributed by atoms with E-state index in [4.69, 9.17) is 19.3 Å². The van der Waals surface area contributed by atoms with Gasteiger partial charge in [0.2, 0.25) is 0 Å². The first-order valence-electron chi connectivity index (χ1n) is 17.2. The summed E-state index contributed by atoms with van der Waals surface area (Å²) in [6, 6.07) is 15.2. The van der Waals surface area contributed by atoms with E-state index in [1.165, 1.54) is 0 Å². The molecule has 3 amide bonds. The van der Waals surface area contributed by atoms with Crippen LogP contribution in [0.1, 0.15) is 96.9 Å². The summed E-state index contributed by atoms with van der Waals surface area (Å²) in [4.78, 5) is 40.0. The molecule has 0 heterocycles. The summed E-state index contributed by atoms with van der Waals surface area (Å²) in [5, 5.41) is 18.1. The first-order chi connectivity index (χ1) is 23.4. The van der Waals surface area contributed by atoms with Gasteiger partial charge in [-0.3, -0.25) is 14.4 Å². The molecule has 0 bridgehead atoms. The van der Waals surface area contributed by atoms with Gasteiger partial charge >= 0.3 is 0 Å². The highest BCUT2D eigenvalue weighted by Gasteiger charge is 2.22. The molecule has 1 saturated carbocycles. The highest BCUT2D eigenvalue weighted by Crippen LogP contribution is 2.31. The van der Waals surface area contributed by atoms with E-state index in [9.17, 15) is 14.4 Å². The number of carbonyl (C=O) groups excluding carboxylic acids is 3. The number of aliphatic hydroxyl groups excluding tert-OH is 1. The third kappa shape index (κ3) is 11.0. The van der Waals surface area contributed by atoms with Gasteiger partial charge < -0.3 is 35.3 Å². The zero-order chi connectivity index (χ0) is 35.5. The van der Waals surface area contributed by atoms with Gasteiger partial charge in [-0.05, 0) is 104 Å². The average Bonchev–Trinajstić information content (AvgIpc) is 3.07. The number of nitrogens with one attached hydrogen (secondary N) is 3. The van der Waals surface area contributed by atoms with Gasteiger partial charge in [-0.2, -0.15) is 0 Å². The molecule has 3 aromatic carbocycles. The van der Waals surface area contributed by atoms with Gasteiger partial charge in [0, 0.05) is 22.7 Å². The van der Waals surface area contributed by atoms with Crippen molar-refractivity contribution in [3.8, 4) is 17.2 Å². The van der Waals surface area contributed by atoms with Gasteiger partial charge in [0.1, 0.15) is 23.9 Å². The first-order valence-corrected chi connectivity index (χ1v) is 17.2. The molecule has 1 fully saturated rings. The number of benzene rings is 3. The normalized spacial score (nSPS) is 15.9. The summed E-state index contributed by atoms with van der Waals surface area (Å²) >= 11 is 0. The largest absolute Gasteiger partial charge is 0.491 e. The van der Waals surface area contributed by atoms with Gasteiger partial charge in [0.25, 0.3) is 17.7 Å². The predicted octanol–water partition coefficient (Wildman–Crippen LogP) is 7.25. The molecule has 0 unspecified atom stereocenters. The van der Waals surface area contributed by atoms with Crippen molar-refractivity contribution >= 4 is 29.1 Å². The number of rotatable bonds is 15. The topological polar surface area (TPSA) is 135 Å². The first kappa shape index (κ1) is 37.3. The second-order valence-electron chi connectivity index (χ2n) is 13.7. The van der Waals surface area contributed by atoms with Gasteiger partial charge in [-0.15, -0.1) is 0 Å². The molecule has 49 heavy (non-hydrogen) atoms. The second-order valence-corrected chi connectivity index (χ2v) is 13.7. The number of carbonyl (C=O) groups is 3. The monoisotopic (exact) mass is 673 g/mol. The van der Waals surface area contributed by atoms with Crippen LogP contribution in [-0.2, 0) is 0 Å². The van der Waals surface area contributed by atoms with E-state index in [0.29, 0.717) is 64.4 Å². The summed E-state index contributed by atoms with van der Waals surface area (Å²) in [5.41, 5.74) is 2.84. The molecule has 1 aliphatic carbocycles. The molecule has 1 aliphatic rings. The van der Waals surface area contributed by atoms with Gasteiger partial charge in [-0.25, -0.2) is 0 Å². The molecule has 3 aromatic rings. The second kappa shape index (κ2) is 17.7. The quantitative estimate of drug-likeness (QED) is 0.134. The Hall–Kier alpha value is -4.57. The van der Waals surface area contributed by atoms with Crippen molar-refractivity contribution in [2.24, 2.45) is 17.8 Å². The minimum Gasteiger partial charge on any atom is -0.491 e. The van der Waals surface area contributed by atoms with Crippen LogP contribution < -0.4 is 30.2 Å². The fourth-order valence-corrected chi connectivity index (χ4v) is 5.40. The molecule has 10 heteroatoms. The molecule has 0 atom stereocenters. The highest BCUT2D eigenvalue weighted by atomic mass is 16.5. The smallest absolute Gasteiger partial charge is 0.255 e. The summed E-state index contributed by atoms with van der Waals surface area (Å²) in [7, 11) is 0. The van der Waals surface area contributed by atoms with Crippen LogP contribution in [0, 0.1) is 24.7 Å². The maximum atomic E-state index is 13.6. The number of amides is 3. The highest BCUT2D eigenvalue weighted by molar-refractivity contribution is 6.08. The van der Waals surface area contributed by atoms with E-state index in [1.54, 1.807) is 54.6 Å². The SMILES string of the molecule is Cc1ccc(C(=O)Nc2ccc(C(=O)Nc3ccc(C(=O)NC4CCC(C)CC4)cc3OCC(C)C)cc2OCC(C)C)cc1OCCO. The number of aliphatic hydroxyl groups is 1. The molecule has 4 rings (SSSR count). The van der Waals surface area contributed by atoms with Crippen LogP contribution in [0.15, 0.2) is 54.6 Å². The van der Waals surface area contributed by atoms with Gasteiger partial charge in [-0.1, -0.05) is 40.7 Å². The average molecular weight is 674 g/mol. The van der Waals surface area contributed by atoms with Crippen LogP contribution in [0.2, 0.25) is 0 Å². The van der Waals surface area contributed by atoms with E-state index in [-0.39, 0.29) is 42.9 Å². The Morgan fingerprint density at radius 3 is 1.65 bits per heavy atom. The van der Waals surface area contributed by atoms with Crippen LogP contribution >= 0.6 is 0 Å². The lowest BCUT2D eigenvalue weighted by atomic mass is 9.87. The molecule has 0 saturated heterocycles. The van der Waals surface area contributed by atoms with E-state index < -0.39 is 5.91 Å². The van der Waals surface area contributed by atoms with E-state index in [0.717, 1.165) is 31.2 Å². The molecular formula is C39H51N3O7. The number of anilines is 2. The standard InChI is InChI=1S/C39H51N3O7/c1-24(2)22-48-35-20-29(37(44)40-31-13-7-26(5)8-14-31)11-15-32(35)42-39(46)30-12-16-33(36(21-30)49-23-25(3)4)41-38(45)28-10-9-27(6)34(19-28)47-18-17-43/h9-12,15-16,19-21,24-26,31,43H,7-8,13-14,17-18,22-23H2,1-6H3,(H,40,44)(H,41,45)(H,42,46). The van der Waals surface area contributed by atoms with Gasteiger partial charge in [0.15, 0.2) is 0 Å². The van der Waals surface area contributed by atoms with E-state index in [2.05, 4.69) is 22.9 Å². The Kier molecular flexibility index (Phi) is 13.5. The molecule has 0 radical (unpaired) electrons. The summed E-state index contributed by atoms with van der Waals surface area (Å²) in [5.74, 6) is 1.44. The van der Waals surface area contributed by atoms with Gasteiger partial charge in [0.05, 0.1) is 31.2 Å².